The zero-order valence-electron chi connectivity index (χ0n) is 7.61. The molecule has 13 heavy (non-hydrogen) atoms. The Morgan fingerprint density at radius 3 is 3.31 bits per heavy atom. The lowest BCUT2D eigenvalue weighted by Crippen LogP contribution is -2.19. The number of hydrogen-bond acceptors (Lipinski definition) is 3. The first-order chi connectivity index (χ1) is 6.33. The van der Waals surface area contributed by atoms with Gasteiger partial charge in [0.05, 0.1) is 19.3 Å². The Kier molecular flexibility index (Phi) is 2.33. The normalized spacial score (nSPS) is 21.5. The van der Waals surface area contributed by atoms with Crippen LogP contribution >= 0.6 is 0 Å². The first-order valence-electron chi connectivity index (χ1n) is 4.74. The zero-order chi connectivity index (χ0) is 9.26. The van der Waals surface area contributed by atoms with E-state index in [2.05, 4.69) is 5.10 Å². The molecule has 4 heteroatoms. The molecule has 0 bridgehead atoms. The van der Waals surface area contributed by atoms with Gasteiger partial charge >= 0.3 is 0 Å². The van der Waals surface area contributed by atoms with Crippen LogP contribution in [0.5, 0.6) is 0 Å². The summed E-state index contributed by atoms with van der Waals surface area (Å²) in [5.41, 5.74) is 8.32. The molecule has 0 radical (unpaired) electrons. The Hall–Kier alpha value is -0.870. The average Bonchev–Trinajstić information content (AvgIpc) is 2.51. The highest BCUT2D eigenvalue weighted by Crippen LogP contribution is 2.27. The van der Waals surface area contributed by atoms with Crippen molar-refractivity contribution in [2.75, 3.05) is 6.61 Å². The molecule has 0 aromatic carbocycles. The molecule has 0 unspecified atom stereocenters. The maximum Gasteiger partial charge on any atom is 0.0644 e. The number of aromatic nitrogens is 2. The fourth-order valence-electron chi connectivity index (χ4n) is 1.94. The molecule has 1 heterocycles. The van der Waals surface area contributed by atoms with Crippen molar-refractivity contribution < 1.29 is 5.11 Å². The molecule has 0 amide bonds. The van der Waals surface area contributed by atoms with E-state index in [9.17, 15) is 0 Å². The number of rotatable bonds is 2. The van der Waals surface area contributed by atoms with Gasteiger partial charge in [0.1, 0.15) is 0 Å². The van der Waals surface area contributed by atoms with Crippen molar-refractivity contribution in [3.05, 3.63) is 17.5 Å². The Labute approximate surface area is 77.4 Å². The minimum Gasteiger partial charge on any atom is -0.394 e. The smallest absolute Gasteiger partial charge is 0.0644 e. The van der Waals surface area contributed by atoms with Crippen LogP contribution in [0, 0.1) is 0 Å². The van der Waals surface area contributed by atoms with Gasteiger partial charge in [0, 0.05) is 17.3 Å². The highest BCUT2D eigenvalue weighted by molar-refractivity contribution is 5.24. The maximum atomic E-state index is 8.81. The molecule has 72 valence electrons. The molecule has 4 nitrogen and oxygen atoms in total. The maximum absolute atomic E-state index is 8.81. The van der Waals surface area contributed by atoms with Gasteiger partial charge in [0.15, 0.2) is 0 Å². The van der Waals surface area contributed by atoms with E-state index in [1.54, 1.807) is 0 Å². The summed E-state index contributed by atoms with van der Waals surface area (Å²) >= 11 is 0. The third-order valence-electron chi connectivity index (χ3n) is 2.62. The molecule has 1 atom stereocenters. The lowest BCUT2D eigenvalue weighted by Gasteiger charge is -2.19. The zero-order valence-corrected chi connectivity index (χ0v) is 7.61. The highest BCUT2D eigenvalue weighted by Gasteiger charge is 2.20. The van der Waals surface area contributed by atoms with Gasteiger partial charge in [-0.25, -0.2) is 0 Å². The number of nitrogens with two attached hydrogens (primary N) is 1. The molecular formula is C9H15N3O. The number of fused-ring (bicyclic) bond motifs is 1. The van der Waals surface area contributed by atoms with Crippen LogP contribution < -0.4 is 5.73 Å². The average molecular weight is 181 g/mol. The van der Waals surface area contributed by atoms with Crippen molar-refractivity contribution >= 4 is 0 Å². The topological polar surface area (TPSA) is 64.1 Å². The molecule has 0 saturated heterocycles. The van der Waals surface area contributed by atoms with E-state index >= 15 is 0 Å². The van der Waals surface area contributed by atoms with Crippen LogP contribution in [0.2, 0.25) is 0 Å². The number of nitrogens with zero attached hydrogens (tertiary/aromatic N) is 2. The van der Waals surface area contributed by atoms with Crippen molar-refractivity contribution in [2.24, 2.45) is 5.73 Å². The molecule has 0 spiro atoms. The predicted molar refractivity (Wildman–Crippen MR) is 49.2 cm³/mol. The van der Waals surface area contributed by atoms with Crippen molar-refractivity contribution in [3.8, 4) is 0 Å². The van der Waals surface area contributed by atoms with Crippen molar-refractivity contribution in [2.45, 2.75) is 31.8 Å². The van der Waals surface area contributed by atoms with Crippen LogP contribution in [-0.4, -0.2) is 21.5 Å². The van der Waals surface area contributed by atoms with Gasteiger partial charge in [-0.1, -0.05) is 0 Å². The number of aliphatic hydroxyl groups excluding tert-OH is 1. The summed E-state index contributed by atoms with van der Waals surface area (Å²) < 4.78 is 1.87. The Morgan fingerprint density at radius 1 is 1.69 bits per heavy atom. The van der Waals surface area contributed by atoms with Crippen molar-refractivity contribution in [1.82, 2.24) is 9.78 Å². The second kappa shape index (κ2) is 3.47. The van der Waals surface area contributed by atoms with Crippen LogP contribution in [-0.2, 0) is 13.0 Å². The lowest BCUT2D eigenvalue weighted by molar-refractivity contribution is 0.266. The van der Waals surface area contributed by atoms with E-state index in [0.717, 1.165) is 19.3 Å². The summed E-state index contributed by atoms with van der Waals surface area (Å²) in [5, 5.41) is 13.0. The fourth-order valence-corrected chi connectivity index (χ4v) is 1.94. The quantitative estimate of drug-likeness (QED) is 0.685. The lowest BCUT2D eigenvalue weighted by atomic mass is 9.94. The van der Waals surface area contributed by atoms with Gasteiger partial charge in [-0.2, -0.15) is 5.10 Å². The third kappa shape index (κ3) is 1.47. The molecule has 1 aliphatic rings. The largest absolute Gasteiger partial charge is 0.394 e. The molecule has 1 aromatic rings. The van der Waals surface area contributed by atoms with E-state index in [0.29, 0.717) is 6.54 Å². The van der Waals surface area contributed by atoms with Crippen molar-refractivity contribution in [1.29, 1.82) is 0 Å². The van der Waals surface area contributed by atoms with E-state index in [4.69, 9.17) is 10.8 Å². The van der Waals surface area contributed by atoms with Crippen LogP contribution in [0.15, 0.2) is 6.20 Å². The third-order valence-corrected chi connectivity index (χ3v) is 2.62. The van der Waals surface area contributed by atoms with E-state index < -0.39 is 0 Å². The Balaban J connectivity index is 2.30. The van der Waals surface area contributed by atoms with Gasteiger partial charge in [-0.05, 0) is 19.3 Å². The molecular weight excluding hydrogens is 166 g/mol. The molecule has 1 aliphatic carbocycles. The fraction of sp³-hybridized carbons (Fsp3) is 0.667. The van der Waals surface area contributed by atoms with E-state index in [1.807, 2.05) is 10.9 Å². The summed E-state index contributed by atoms with van der Waals surface area (Å²) in [6.07, 6.45) is 5.07. The van der Waals surface area contributed by atoms with Crippen LogP contribution in [0.1, 0.15) is 30.1 Å². The molecule has 0 aliphatic heterocycles. The monoisotopic (exact) mass is 181 g/mol. The summed E-state index contributed by atoms with van der Waals surface area (Å²) in [4.78, 5) is 0. The first kappa shape index (κ1) is 8.72. The van der Waals surface area contributed by atoms with E-state index in [1.165, 1.54) is 11.3 Å². The summed E-state index contributed by atoms with van der Waals surface area (Å²) in [7, 11) is 0. The van der Waals surface area contributed by atoms with Crippen LogP contribution in [0.4, 0.5) is 0 Å². The summed E-state index contributed by atoms with van der Waals surface area (Å²) in [6.45, 7) is 0.728. The second-order valence-corrected chi connectivity index (χ2v) is 3.49. The predicted octanol–water partition coefficient (Wildman–Crippen LogP) is 0.212. The van der Waals surface area contributed by atoms with Crippen molar-refractivity contribution in [3.63, 3.8) is 0 Å². The Bertz CT molecular complexity index is 295. The first-order valence-corrected chi connectivity index (χ1v) is 4.74. The molecule has 0 saturated carbocycles. The standard InChI is InChI=1S/C9H15N3O/c10-8-2-1-3-9-7(8)6-11-12(9)4-5-13/h6,8,13H,1-5,10H2/t8-/m0/s1. The Morgan fingerprint density at radius 2 is 2.54 bits per heavy atom. The molecule has 3 N–H and O–H groups in total. The summed E-state index contributed by atoms with van der Waals surface area (Å²) in [5.74, 6) is 0. The van der Waals surface area contributed by atoms with Gasteiger partial charge < -0.3 is 10.8 Å². The SMILES string of the molecule is N[C@H]1CCCc2c1cnn2CCO. The number of aliphatic hydroxyl groups is 1. The van der Waals surface area contributed by atoms with Crippen LogP contribution in [0.25, 0.3) is 0 Å². The number of hydrogen-bond donors (Lipinski definition) is 2. The molecule has 1 aromatic heterocycles. The van der Waals surface area contributed by atoms with Gasteiger partial charge in [0.25, 0.3) is 0 Å². The van der Waals surface area contributed by atoms with E-state index in [-0.39, 0.29) is 12.6 Å². The van der Waals surface area contributed by atoms with Gasteiger partial charge in [-0.15, -0.1) is 0 Å². The minimum atomic E-state index is 0.142. The van der Waals surface area contributed by atoms with Crippen LogP contribution in [0.3, 0.4) is 0 Å². The van der Waals surface area contributed by atoms with Gasteiger partial charge in [0.2, 0.25) is 0 Å². The minimum absolute atomic E-state index is 0.142. The molecule has 2 rings (SSSR count). The second-order valence-electron chi connectivity index (χ2n) is 3.49. The highest BCUT2D eigenvalue weighted by atomic mass is 16.3. The summed E-state index contributed by atoms with van der Waals surface area (Å²) in [6, 6.07) is 0.149. The van der Waals surface area contributed by atoms with Gasteiger partial charge in [-0.3, -0.25) is 4.68 Å². The molecule has 0 fully saturated rings.